The Hall–Kier alpha value is -1.95. The van der Waals surface area contributed by atoms with Gasteiger partial charge in [-0.2, -0.15) is 0 Å². The van der Waals surface area contributed by atoms with Crippen molar-refractivity contribution in [1.82, 2.24) is 5.32 Å². The Labute approximate surface area is 105 Å². The molecule has 0 aliphatic heterocycles. The molecular formula is C12H17NO5. The van der Waals surface area contributed by atoms with Crippen molar-refractivity contribution in [3.63, 3.8) is 0 Å². The number of phenols is 1. The molecule has 6 heteroatoms. The molecule has 0 spiro atoms. The molecule has 0 radical (unpaired) electrons. The number of hydrogen-bond acceptors (Lipinski definition) is 5. The third kappa shape index (κ3) is 3.27. The van der Waals surface area contributed by atoms with Crippen molar-refractivity contribution in [1.29, 1.82) is 0 Å². The fourth-order valence-corrected chi connectivity index (χ4v) is 1.41. The number of rotatable bonds is 6. The number of carboxylic acid groups (broad SMARTS) is 1. The van der Waals surface area contributed by atoms with Crippen LogP contribution in [0, 0.1) is 0 Å². The predicted molar refractivity (Wildman–Crippen MR) is 65.1 cm³/mol. The Balaban J connectivity index is 2.86. The Kier molecular flexibility index (Phi) is 4.79. The van der Waals surface area contributed by atoms with Crippen LogP contribution in [-0.4, -0.2) is 36.4 Å². The molecule has 0 amide bonds. The van der Waals surface area contributed by atoms with E-state index in [2.05, 4.69) is 5.32 Å². The van der Waals surface area contributed by atoms with Crippen molar-refractivity contribution in [2.75, 3.05) is 14.2 Å². The van der Waals surface area contributed by atoms with E-state index in [1.165, 1.54) is 14.2 Å². The number of carboxylic acids is 1. The van der Waals surface area contributed by atoms with Gasteiger partial charge in [-0.15, -0.1) is 0 Å². The van der Waals surface area contributed by atoms with Crippen molar-refractivity contribution in [2.24, 2.45) is 0 Å². The average molecular weight is 255 g/mol. The van der Waals surface area contributed by atoms with E-state index in [4.69, 9.17) is 14.6 Å². The topological polar surface area (TPSA) is 88.0 Å². The molecule has 18 heavy (non-hydrogen) atoms. The monoisotopic (exact) mass is 255 g/mol. The maximum atomic E-state index is 10.7. The van der Waals surface area contributed by atoms with Crippen molar-refractivity contribution < 1.29 is 24.5 Å². The molecule has 0 aromatic heterocycles. The molecule has 0 fully saturated rings. The lowest BCUT2D eigenvalue weighted by Gasteiger charge is -2.13. The molecule has 0 bridgehead atoms. The second-order valence-electron chi connectivity index (χ2n) is 3.79. The van der Waals surface area contributed by atoms with Gasteiger partial charge < -0.3 is 25.0 Å². The molecule has 1 aromatic rings. The van der Waals surface area contributed by atoms with Gasteiger partial charge in [0, 0.05) is 6.54 Å². The summed E-state index contributed by atoms with van der Waals surface area (Å²) in [6.07, 6.45) is 0. The second-order valence-corrected chi connectivity index (χ2v) is 3.79. The van der Waals surface area contributed by atoms with E-state index < -0.39 is 12.0 Å². The number of carbonyl (C=O) groups is 1. The van der Waals surface area contributed by atoms with Crippen LogP contribution in [-0.2, 0) is 11.3 Å². The first-order valence-corrected chi connectivity index (χ1v) is 5.39. The minimum absolute atomic E-state index is 0.0740. The van der Waals surface area contributed by atoms with Gasteiger partial charge in [0.15, 0.2) is 11.5 Å². The van der Waals surface area contributed by atoms with Crippen LogP contribution in [0.5, 0.6) is 17.2 Å². The minimum Gasteiger partial charge on any atom is -0.502 e. The highest BCUT2D eigenvalue weighted by Crippen LogP contribution is 2.36. The Morgan fingerprint density at radius 1 is 1.33 bits per heavy atom. The first-order valence-electron chi connectivity index (χ1n) is 5.39. The zero-order valence-electron chi connectivity index (χ0n) is 10.6. The van der Waals surface area contributed by atoms with Crippen molar-refractivity contribution in [3.8, 4) is 17.2 Å². The summed E-state index contributed by atoms with van der Waals surface area (Å²) >= 11 is 0. The summed E-state index contributed by atoms with van der Waals surface area (Å²) in [6.45, 7) is 1.89. The lowest BCUT2D eigenvalue weighted by Crippen LogP contribution is -2.33. The quantitative estimate of drug-likeness (QED) is 0.702. The number of hydrogen-bond donors (Lipinski definition) is 3. The summed E-state index contributed by atoms with van der Waals surface area (Å²) in [5, 5.41) is 21.3. The zero-order chi connectivity index (χ0) is 13.7. The lowest BCUT2D eigenvalue weighted by molar-refractivity contribution is -0.139. The minimum atomic E-state index is -0.923. The number of benzene rings is 1. The molecule has 100 valence electrons. The molecular weight excluding hydrogens is 238 g/mol. The maximum absolute atomic E-state index is 10.7. The predicted octanol–water partition coefficient (Wildman–Crippen LogP) is 0.972. The summed E-state index contributed by atoms with van der Waals surface area (Å²) in [6, 6.07) is 2.59. The zero-order valence-corrected chi connectivity index (χ0v) is 10.6. The van der Waals surface area contributed by atoms with Gasteiger partial charge in [0.1, 0.15) is 6.04 Å². The normalized spacial score (nSPS) is 11.9. The summed E-state index contributed by atoms with van der Waals surface area (Å²) < 4.78 is 10.0. The molecule has 1 atom stereocenters. The summed E-state index contributed by atoms with van der Waals surface area (Å²) in [4.78, 5) is 10.7. The molecule has 0 aliphatic rings. The average Bonchev–Trinajstić information content (AvgIpc) is 2.36. The maximum Gasteiger partial charge on any atom is 0.320 e. The van der Waals surface area contributed by atoms with Gasteiger partial charge in [0.25, 0.3) is 0 Å². The van der Waals surface area contributed by atoms with Crippen LogP contribution in [0.3, 0.4) is 0 Å². The molecule has 0 saturated heterocycles. The number of ether oxygens (including phenoxy) is 2. The van der Waals surface area contributed by atoms with Crippen LogP contribution in [0.2, 0.25) is 0 Å². The molecule has 0 unspecified atom stereocenters. The number of methoxy groups -OCH3 is 2. The van der Waals surface area contributed by atoms with Crippen molar-refractivity contribution in [3.05, 3.63) is 17.7 Å². The molecule has 1 aromatic carbocycles. The standard InChI is InChI=1S/C12H17NO5/c1-7(12(15)16)13-6-8-4-9(17-2)11(14)10(5-8)18-3/h4-5,7,13-14H,6H2,1-3H3,(H,15,16)/t7-/m0/s1. The highest BCUT2D eigenvalue weighted by molar-refractivity contribution is 5.72. The van der Waals surface area contributed by atoms with E-state index in [1.54, 1.807) is 19.1 Å². The number of aromatic hydroxyl groups is 1. The number of aliphatic carboxylic acids is 1. The highest BCUT2D eigenvalue weighted by atomic mass is 16.5. The molecule has 3 N–H and O–H groups in total. The van der Waals surface area contributed by atoms with E-state index in [-0.39, 0.29) is 17.2 Å². The van der Waals surface area contributed by atoms with Gasteiger partial charge >= 0.3 is 5.97 Å². The van der Waals surface area contributed by atoms with Gasteiger partial charge in [-0.25, -0.2) is 0 Å². The molecule has 6 nitrogen and oxygen atoms in total. The van der Waals surface area contributed by atoms with Gasteiger partial charge in [-0.3, -0.25) is 4.79 Å². The fourth-order valence-electron chi connectivity index (χ4n) is 1.41. The molecule has 1 rings (SSSR count). The van der Waals surface area contributed by atoms with E-state index >= 15 is 0 Å². The third-order valence-electron chi connectivity index (χ3n) is 2.52. The van der Waals surface area contributed by atoms with Crippen LogP contribution in [0.15, 0.2) is 12.1 Å². The number of nitrogens with one attached hydrogen (secondary N) is 1. The van der Waals surface area contributed by atoms with Crippen LogP contribution in [0.25, 0.3) is 0 Å². The Bertz CT molecular complexity index is 407. The van der Waals surface area contributed by atoms with Gasteiger partial charge in [0.2, 0.25) is 5.75 Å². The second kappa shape index (κ2) is 6.11. The first kappa shape index (κ1) is 14.1. The van der Waals surface area contributed by atoms with Gasteiger partial charge in [0.05, 0.1) is 14.2 Å². The fraction of sp³-hybridized carbons (Fsp3) is 0.417. The summed E-state index contributed by atoms with van der Waals surface area (Å²) in [7, 11) is 2.87. The van der Waals surface area contributed by atoms with E-state index in [0.29, 0.717) is 6.54 Å². The highest BCUT2D eigenvalue weighted by Gasteiger charge is 2.13. The molecule has 0 saturated carbocycles. The van der Waals surface area contributed by atoms with Gasteiger partial charge in [-0.1, -0.05) is 0 Å². The number of phenolic OH excluding ortho intramolecular Hbond substituents is 1. The van der Waals surface area contributed by atoms with Crippen molar-refractivity contribution in [2.45, 2.75) is 19.5 Å². The summed E-state index contributed by atoms with van der Waals surface area (Å²) in [5.74, 6) is -0.425. The molecule has 0 heterocycles. The van der Waals surface area contributed by atoms with Crippen LogP contribution in [0.4, 0.5) is 0 Å². The largest absolute Gasteiger partial charge is 0.502 e. The van der Waals surface area contributed by atoms with E-state index in [9.17, 15) is 9.90 Å². The van der Waals surface area contributed by atoms with Crippen LogP contribution >= 0.6 is 0 Å². The smallest absolute Gasteiger partial charge is 0.320 e. The lowest BCUT2D eigenvalue weighted by atomic mass is 10.1. The van der Waals surface area contributed by atoms with E-state index in [0.717, 1.165) is 5.56 Å². The van der Waals surface area contributed by atoms with Crippen LogP contribution < -0.4 is 14.8 Å². The van der Waals surface area contributed by atoms with Gasteiger partial charge in [-0.05, 0) is 24.6 Å². The first-order chi connectivity index (χ1) is 8.49. The third-order valence-corrected chi connectivity index (χ3v) is 2.52. The van der Waals surface area contributed by atoms with Crippen LogP contribution in [0.1, 0.15) is 12.5 Å². The SMILES string of the molecule is COc1cc(CN[C@@H](C)C(=O)O)cc(OC)c1O. The summed E-state index contributed by atoms with van der Waals surface area (Å²) in [5.41, 5.74) is 0.759. The molecule has 0 aliphatic carbocycles. The van der Waals surface area contributed by atoms with E-state index in [1.807, 2.05) is 0 Å². The van der Waals surface area contributed by atoms with Crippen molar-refractivity contribution >= 4 is 5.97 Å². The Morgan fingerprint density at radius 3 is 2.22 bits per heavy atom. The Morgan fingerprint density at radius 2 is 1.83 bits per heavy atom.